The molecule has 5 rings (SSSR count). The van der Waals surface area contributed by atoms with Gasteiger partial charge in [-0.2, -0.15) is 0 Å². The lowest BCUT2D eigenvalue weighted by molar-refractivity contribution is 1.31. The maximum Gasteiger partial charge on any atom is 0.137 e. The fraction of sp³-hybridized carbons (Fsp3) is 0. The summed E-state index contributed by atoms with van der Waals surface area (Å²) >= 11 is 0. The molecular formula is C20H14N4. The normalized spacial score (nSPS) is 11.3. The average molecular weight is 310 g/mol. The summed E-state index contributed by atoms with van der Waals surface area (Å²) in [5.41, 5.74) is 6.60. The van der Waals surface area contributed by atoms with Crippen molar-refractivity contribution in [1.82, 2.24) is 19.9 Å². The topological polar surface area (TPSA) is 57.4 Å². The number of pyridine rings is 2. The molecule has 0 saturated carbocycles. The van der Waals surface area contributed by atoms with Gasteiger partial charge in [-0.3, -0.25) is 4.98 Å². The van der Waals surface area contributed by atoms with Crippen LogP contribution >= 0.6 is 0 Å². The van der Waals surface area contributed by atoms with Gasteiger partial charge in [0.2, 0.25) is 0 Å². The Bertz CT molecular complexity index is 1150. The van der Waals surface area contributed by atoms with E-state index in [-0.39, 0.29) is 0 Å². The number of fused-ring (bicyclic) bond motifs is 2. The molecule has 0 unspecified atom stereocenters. The summed E-state index contributed by atoms with van der Waals surface area (Å²) in [5.74, 6) is 0. The number of H-pyrrole nitrogens is 2. The highest BCUT2D eigenvalue weighted by Gasteiger charge is 2.10. The second kappa shape index (κ2) is 5.06. The van der Waals surface area contributed by atoms with E-state index in [0.717, 1.165) is 33.2 Å². The van der Waals surface area contributed by atoms with Crippen LogP contribution in [0.1, 0.15) is 0 Å². The van der Waals surface area contributed by atoms with Crippen molar-refractivity contribution in [1.29, 1.82) is 0 Å². The van der Waals surface area contributed by atoms with Crippen molar-refractivity contribution in [3.05, 3.63) is 73.4 Å². The molecule has 4 nitrogen and oxygen atoms in total. The Kier molecular flexibility index (Phi) is 2.76. The first-order valence-corrected chi connectivity index (χ1v) is 7.83. The molecule has 1 aromatic carbocycles. The molecule has 2 N–H and O–H groups in total. The highest BCUT2D eigenvalue weighted by molar-refractivity contribution is 5.98. The summed E-state index contributed by atoms with van der Waals surface area (Å²) in [5, 5.41) is 2.33. The highest BCUT2D eigenvalue weighted by Crippen LogP contribution is 2.32. The number of rotatable bonds is 2. The van der Waals surface area contributed by atoms with Gasteiger partial charge in [0.25, 0.3) is 0 Å². The van der Waals surface area contributed by atoms with Gasteiger partial charge in [0.15, 0.2) is 0 Å². The van der Waals surface area contributed by atoms with Crippen LogP contribution in [0.4, 0.5) is 0 Å². The summed E-state index contributed by atoms with van der Waals surface area (Å²) in [6.07, 6.45) is 9.50. The van der Waals surface area contributed by atoms with Crippen LogP contribution in [0, 0.1) is 0 Å². The minimum absolute atomic E-state index is 0.900. The maximum atomic E-state index is 4.57. The molecule has 24 heavy (non-hydrogen) atoms. The molecule has 0 aliphatic carbocycles. The molecule has 0 spiro atoms. The van der Waals surface area contributed by atoms with E-state index in [9.17, 15) is 0 Å². The predicted molar refractivity (Wildman–Crippen MR) is 96.6 cm³/mol. The molecule has 4 heteroatoms. The van der Waals surface area contributed by atoms with Crippen LogP contribution in [-0.4, -0.2) is 19.9 Å². The summed E-state index contributed by atoms with van der Waals surface area (Å²) in [6.45, 7) is 0. The highest BCUT2D eigenvalue weighted by atomic mass is 14.8. The van der Waals surface area contributed by atoms with Gasteiger partial charge < -0.3 is 9.97 Å². The van der Waals surface area contributed by atoms with E-state index in [1.165, 1.54) is 10.9 Å². The Labute approximate surface area is 138 Å². The average Bonchev–Trinajstić information content (AvgIpc) is 3.27. The second-order valence-electron chi connectivity index (χ2n) is 5.84. The van der Waals surface area contributed by atoms with Gasteiger partial charge in [0.05, 0.1) is 0 Å². The van der Waals surface area contributed by atoms with Gasteiger partial charge in [-0.1, -0.05) is 6.07 Å². The molecule has 0 bridgehead atoms. The number of hydrogen-bond donors (Lipinski definition) is 2. The van der Waals surface area contributed by atoms with Crippen LogP contribution in [0.25, 0.3) is 44.2 Å². The standard InChI is InChI=1S/C20H14N4/c1-2-19-15(5-8-22-19)9-14(1)18-12-24-20-17(18)10-16(11-23-20)13-3-6-21-7-4-13/h1-12,22H,(H,23,24). The number of aromatic amines is 2. The van der Waals surface area contributed by atoms with Crippen LogP contribution < -0.4 is 0 Å². The van der Waals surface area contributed by atoms with Gasteiger partial charge >= 0.3 is 0 Å². The second-order valence-corrected chi connectivity index (χ2v) is 5.84. The number of aromatic nitrogens is 4. The van der Waals surface area contributed by atoms with Crippen molar-refractivity contribution < 1.29 is 0 Å². The maximum absolute atomic E-state index is 4.57. The quantitative estimate of drug-likeness (QED) is 0.493. The minimum Gasteiger partial charge on any atom is -0.361 e. The third kappa shape index (κ3) is 2.01. The van der Waals surface area contributed by atoms with Crippen molar-refractivity contribution >= 4 is 21.9 Å². The molecule has 4 aromatic heterocycles. The van der Waals surface area contributed by atoms with Crippen molar-refractivity contribution in [3.63, 3.8) is 0 Å². The van der Waals surface area contributed by atoms with Crippen LogP contribution in [0.2, 0.25) is 0 Å². The Balaban J connectivity index is 1.71. The van der Waals surface area contributed by atoms with Crippen LogP contribution in [0.5, 0.6) is 0 Å². The number of nitrogens with one attached hydrogen (secondary N) is 2. The Morgan fingerprint density at radius 2 is 1.71 bits per heavy atom. The molecular weight excluding hydrogens is 296 g/mol. The first kappa shape index (κ1) is 13.1. The van der Waals surface area contributed by atoms with E-state index in [2.05, 4.69) is 50.3 Å². The molecule has 5 aromatic rings. The predicted octanol–water partition coefficient (Wildman–Crippen LogP) is 4.77. The lowest BCUT2D eigenvalue weighted by atomic mass is 10.0. The van der Waals surface area contributed by atoms with E-state index in [4.69, 9.17) is 0 Å². The lowest BCUT2D eigenvalue weighted by Gasteiger charge is -2.03. The monoisotopic (exact) mass is 310 g/mol. The minimum atomic E-state index is 0.900. The summed E-state index contributed by atoms with van der Waals surface area (Å²) in [4.78, 5) is 15.2. The van der Waals surface area contributed by atoms with Crippen molar-refractivity contribution in [2.45, 2.75) is 0 Å². The van der Waals surface area contributed by atoms with Crippen LogP contribution in [0.3, 0.4) is 0 Å². The third-order valence-corrected chi connectivity index (χ3v) is 4.41. The van der Waals surface area contributed by atoms with Crippen LogP contribution in [-0.2, 0) is 0 Å². The summed E-state index contributed by atoms with van der Waals surface area (Å²) < 4.78 is 0. The molecule has 0 saturated heterocycles. The Hall–Kier alpha value is -3.40. The van der Waals surface area contributed by atoms with E-state index in [1.54, 1.807) is 12.4 Å². The number of benzene rings is 1. The van der Waals surface area contributed by atoms with Crippen molar-refractivity contribution in [2.24, 2.45) is 0 Å². The van der Waals surface area contributed by atoms with Crippen molar-refractivity contribution in [3.8, 4) is 22.3 Å². The Morgan fingerprint density at radius 1 is 0.792 bits per heavy atom. The Morgan fingerprint density at radius 3 is 2.62 bits per heavy atom. The number of nitrogens with zero attached hydrogens (tertiary/aromatic N) is 2. The summed E-state index contributed by atoms with van der Waals surface area (Å²) in [7, 11) is 0. The van der Waals surface area contributed by atoms with Gasteiger partial charge in [-0.25, -0.2) is 4.98 Å². The smallest absolute Gasteiger partial charge is 0.137 e. The fourth-order valence-corrected chi connectivity index (χ4v) is 3.17. The van der Waals surface area contributed by atoms with E-state index >= 15 is 0 Å². The molecule has 114 valence electrons. The summed E-state index contributed by atoms with van der Waals surface area (Å²) in [6, 6.07) is 14.7. The van der Waals surface area contributed by atoms with Crippen LogP contribution in [0.15, 0.2) is 73.4 Å². The molecule has 0 fully saturated rings. The van der Waals surface area contributed by atoms with Crippen molar-refractivity contribution in [2.75, 3.05) is 0 Å². The largest absolute Gasteiger partial charge is 0.361 e. The molecule has 0 aliphatic rings. The molecule has 0 amide bonds. The zero-order valence-electron chi connectivity index (χ0n) is 12.8. The molecule has 4 heterocycles. The molecule has 0 atom stereocenters. The zero-order valence-corrected chi connectivity index (χ0v) is 12.8. The van der Waals surface area contributed by atoms with E-state index in [1.807, 2.05) is 30.7 Å². The lowest BCUT2D eigenvalue weighted by Crippen LogP contribution is -1.83. The van der Waals surface area contributed by atoms with E-state index < -0.39 is 0 Å². The molecule has 0 radical (unpaired) electrons. The molecule has 0 aliphatic heterocycles. The zero-order chi connectivity index (χ0) is 15.9. The van der Waals surface area contributed by atoms with Gasteiger partial charge in [0.1, 0.15) is 5.65 Å². The third-order valence-electron chi connectivity index (χ3n) is 4.41. The van der Waals surface area contributed by atoms with E-state index in [0.29, 0.717) is 0 Å². The van der Waals surface area contributed by atoms with Gasteiger partial charge in [0, 0.05) is 53.0 Å². The first-order valence-electron chi connectivity index (χ1n) is 7.83. The number of hydrogen-bond acceptors (Lipinski definition) is 2. The van der Waals surface area contributed by atoms with Gasteiger partial charge in [-0.05, 0) is 52.9 Å². The SMILES string of the molecule is c1cc(-c2cnc3[nH]cc(-c4ccc5[nH]ccc5c4)c3c2)ccn1. The first-order chi connectivity index (χ1) is 11.9. The van der Waals surface area contributed by atoms with Gasteiger partial charge in [-0.15, -0.1) is 0 Å². The fourth-order valence-electron chi connectivity index (χ4n) is 3.17.